The van der Waals surface area contributed by atoms with Crippen LogP contribution in [0.15, 0.2) is 42.7 Å². The molecule has 4 aromatic rings. The van der Waals surface area contributed by atoms with Crippen LogP contribution >= 0.6 is 0 Å². The first kappa shape index (κ1) is 25.2. The Balaban J connectivity index is 0.925. The maximum Gasteiger partial charge on any atom is 0.227 e. The Morgan fingerprint density at radius 1 is 0.950 bits per heavy atom. The third kappa shape index (κ3) is 4.95. The zero-order valence-electron chi connectivity index (χ0n) is 23.5. The highest BCUT2D eigenvalue weighted by atomic mass is 15.4. The number of anilines is 3. The van der Waals surface area contributed by atoms with E-state index in [1.54, 1.807) is 0 Å². The highest BCUT2D eigenvalue weighted by Crippen LogP contribution is 2.36. The van der Waals surface area contributed by atoms with Crippen molar-refractivity contribution in [2.75, 3.05) is 36.4 Å². The zero-order valence-corrected chi connectivity index (χ0v) is 23.5. The number of pyridine rings is 1. The lowest BCUT2D eigenvalue weighted by Gasteiger charge is -2.58. The first-order valence-corrected chi connectivity index (χ1v) is 14.3. The standard InChI is InChI=1S/C29H37N11/c1-19-12-26(33-27-13-20(2)35-36-27)34-29(32-19)37-10-7-23(8-11-37)38-17-24-14-25(18-38)39(24)16-22-4-5-28(30-15-22)40-21(3)6-9-31-40/h4-6,9,12-13,15,23-25H,7-8,10-11,14,16-18H2,1-3H3,(H2,32,33,34,35,36). The van der Waals surface area contributed by atoms with Crippen LogP contribution in [0, 0.1) is 20.8 Å². The molecule has 4 aromatic heterocycles. The first-order chi connectivity index (χ1) is 19.5. The van der Waals surface area contributed by atoms with Crippen molar-refractivity contribution in [2.24, 2.45) is 0 Å². The van der Waals surface area contributed by atoms with Gasteiger partial charge in [-0.2, -0.15) is 15.2 Å². The number of aromatic amines is 1. The van der Waals surface area contributed by atoms with Gasteiger partial charge in [-0.1, -0.05) is 6.07 Å². The summed E-state index contributed by atoms with van der Waals surface area (Å²) in [5.41, 5.74) is 4.34. The molecule has 2 N–H and O–H groups in total. The summed E-state index contributed by atoms with van der Waals surface area (Å²) in [7, 11) is 0. The summed E-state index contributed by atoms with van der Waals surface area (Å²) in [4.78, 5) is 22.0. The number of hydrogen-bond acceptors (Lipinski definition) is 9. The van der Waals surface area contributed by atoms with Crippen LogP contribution in [0.3, 0.4) is 0 Å². The fraction of sp³-hybridized carbons (Fsp3) is 0.483. The molecular formula is C29H37N11. The number of piperazine rings is 1. The molecule has 2 bridgehead atoms. The third-order valence-corrected chi connectivity index (χ3v) is 8.66. The van der Waals surface area contributed by atoms with Crippen molar-refractivity contribution in [1.29, 1.82) is 0 Å². The molecule has 4 aliphatic heterocycles. The van der Waals surface area contributed by atoms with E-state index in [0.29, 0.717) is 18.1 Å². The zero-order chi connectivity index (χ0) is 27.2. The molecule has 11 heteroatoms. The Morgan fingerprint density at radius 2 is 1.77 bits per heavy atom. The van der Waals surface area contributed by atoms with Gasteiger partial charge in [0.25, 0.3) is 0 Å². The van der Waals surface area contributed by atoms with Crippen LogP contribution in [0.5, 0.6) is 0 Å². The van der Waals surface area contributed by atoms with Crippen LogP contribution in [0.1, 0.15) is 41.9 Å². The van der Waals surface area contributed by atoms with Gasteiger partial charge < -0.3 is 10.2 Å². The molecule has 40 heavy (non-hydrogen) atoms. The van der Waals surface area contributed by atoms with Crippen LogP contribution in [0.4, 0.5) is 17.6 Å². The number of nitrogens with one attached hydrogen (secondary N) is 2. The van der Waals surface area contributed by atoms with Gasteiger partial charge >= 0.3 is 0 Å². The van der Waals surface area contributed by atoms with Crippen LogP contribution in [0.2, 0.25) is 0 Å². The Morgan fingerprint density at radius 3 is 2.45 bits per heavy atom. The summed E-state index contributed by atoms with van der Waals surface area (Å²) in [5, 5.41) is 14.9. The highest BCUT2D eigenvalue weighted by molar-refractivity contribution is 5.54. The van der Waals surface area contributed by atoms with Gasteiger partial charge in [-0.05, 0) is 57.7 Å². The average Bonchev–Trinajstić information content (AvgIpc) is 3.59. The molecule has 0 aromatic carbocycles. The van der Waals surface area contributed by atoms with Crippen molar-refractivity contribution >= 4 is 17.6 Å². The number of aryl methyl sites for hydroxylation is 3. The summed E-state index contributed by atoms with van der Waals surface area (Å²) < 4.78 is 1.88. The van der Waals surface area contributed by atoms with Crippen LogP contribution in [0.25, 0.3) is 5.82 Å². The fourth-order valence-electron chi connectivity index (χ4n) is 6.53. The summed E-state index contributed by atoms with van der Waals surface area (Å²) in [6.45, 7) is 11.3. The molecule has 208 valence electrons. The molecule has 4 aliphatic rings. The van der Waals surface area contributed by atoms with Crippen molar-refractivity contribution in [3.05, 3.63) is 65.4 Å². The molecule has 0 aliphatic carbocycles. The highest BCUT2D eigenvalue weighted by Gasteiger charge is 2.46. The molecular weight excluding hydrogens is 502 g/mol. The Hall–Kier alpha value is -3.83. The van der Waals surface area contributed by atoms with Crippen molar-refractivity contribution < 1.29 is 0 Å². The van der Waals surface area contributed by atoms with E-state index in [2.05, 4.69) is 52.4 Å². The number of fused-ring (bicyclic) bond motifs is 2. The molecule has 2 atom stereocenters. The van der Waals surface area contributed by atoms with E-state index in [1.165, 1.54) is 12.0 Å². The topological polar surface area (TPSA) is 107 Å². The Labute approximate surface area is 234 Å². The van der Waals surface area contributed by atoms with E-state index < -0.39 is 0 Å². The minimum Gasteiger partial charge on any atom is -0.341 e. The average molecular weight is 540 g/mol. The van der Waals surface area contributed by atoms with Crippen molar-refractivity contribution in [3.63, 3.8) is 0 Å². The van der Waals surface area contributed by atoms with E-state index in [1.807, 2.05) is 56.0 Å². The molecule has 4 fully saturated rings. The molecule has 4 saturated heterocycles. The van der Waals surface area contributed by atoms with E-state index in [-0.39, 0.29) is 0 Å². The quantitative estimate of drug-likeness (QED) is 0.366. The number of aromatic nitrogens is 7. The van der Waals surface area contributed by atoms with Gasteiger partial charge in [0, 0.05) is 92.5 Å². The van der Waals surface area contributed by atoms with Gasteiger partial charge in [0.1, 0.15) is 5.82 Å². The summed E-state index contributed by atoms with van der Waals surface area (Å²) in [6.07, 6.45) is 7.45. The number of H-pyrrole nitrogens is 1. The van der Waals surface area contributed by atoms with Crippen molar-refractivity contribution in [2.45, 2.75) is 64.7 Å². The molecule has 0 saturated carbocycles. The molecule has 0 amide bonds. The normalized spacial score (nSPS) is 21.9. The molecule has 8 rings (SSSR count). The second-order valence-corrected chi connectivity index (χ2v) is 11.6. The van der Waals surface area contributed by atoms with Crippen LogP contribution in [-0.4, -0.2) is 89.0 Å². The van der Waals surface area contributed by atoms with E-state index in [0.717, 1.165) is 86.0 Å². The van der Waals surface area contributed by atoms with Crippen molar-refractivity contribution in [3.8, 4) is 5.82 Å². The van der Waals surface area contributed by atoms with Gasteiger partial charge in [0.2, 0.25) is 5.95 Å². The lowest BCUT2D eigenvalue weighted by atomic mass is 9.85. The largest absolute Gasteiger partial charge is 0.341 e. The molecule has 0 radical (unpaired) electrons. The molecule has 0 spiro atoms. The number of hydrogen-bond donors (Lipinski definition) is 2. The van der Waals surface area contributed by atoms with E-state index >= 15 is 0 Å². The lowest BCUT2D eigenvalue weighted by molar-refractivity contribution is -0.0898. The van der Waals surface area contributed by atoms with Crippen LogP contribution < -0.4 is 10.2 Å². The monoisotopic (exact) mass is 539 g/mol. The number of nitrogens with zero attached hydrogens (tertiary/aromatic N) is 9. The third-order valence-electron chi connectivity index (χ3n) is 8.66. The maximum absolute atomic E-state index is 4.81. The van der Waals surface area contributed by atoms with Gasteiger partial charge in [0.15, 0.2) is 11.6 Å². The SMILES string of the molecule is Cc1cc(Nc2cc(C)[nH]n2)nc(N2CCC(N3CC4CC(C3)N4Cc3ccc(-n4nccc4C)nc3)CC2)n1. The lowest BCUT2D eigenvalue weighted by Crippen LogP contribution is -2.69. The summed E-state index contributed by atoms with van der Waals surface area (Å²) in [6, 6.07) is 12.2. The van der Waals surface area contributed by atoms with Gasteiger partial charge in [-0.25, -0.2) is 14.6 Å². The van der Waals surface area contributed by atoms with Crippen molar-refractivity contribution in [1.82, 2.24) is 44.7 Å². The summed E-state index contributed by atoms with van der Waals surface area (Å²) >= 11 is 0. The van der Waals surface area contributed by atoms with E-state index in [4.69, 9.17) is 9.97 Å². The second-order valence-electron chi connectivity index (χ2n) is 11.6. The Kier molecular flexibility index (Phi) is 6.47. The minimum atomic E-state index is 0.636. The predicted octanol–water partition coefficient (Wildman–Crippen LogP) is 3.38. The maximum atomic E-state index is 4.81. The molecule has 11 nitrogen and oxygen atoms in total. The minimum absolute atomic E-state index is 0.636. The first-order valence-electron chi connectivity index (χ1n) is 14.3. The molecule has 2 unspecified atom stereocenters. The van der Waals surface area contributed by atoms with Gasteiger partial charge in [0.05, 0.1) is 0 Å². The number of piperidine rings is 2. The van der Waals surface area contributed by atoms with Crippen LogP contribution in [-0.2, 0) is 6.54 Å². The summed E-state index contributed by atoms with van der Waals surface area (Å²) in [5.74, 6) is 3.25. The smallest absolute Gasteiger partial charge is 0.227 e. The van der Waals surface area contributed by atoms with Gasteiger partial charge in [-0.3, -0.25) is 14.9 Å². The van der Waals surface area contributed by atoms with E-state index in [9.17, 15) is 0 Å². The van der Waals surface area contributed by atoms with Gasteiger partial charge in [-0.15, -0.1) is 0 Å². The number of rotatable bonds is 7. The second kappa shape index (κ2) is 10.3. The predicted molar refractivity (Wildman–Crippen MR) is 154 cm³/mol. The fourth-order valence-corrected chi connectivity index (χ4v) is 6.53. The Bertz CT molecular complexity index is 1460. The molecule has 8 heterocycles.